The summed E-state index contributed by atoms with van der Waals surface area (Å²) in [5.74, 6) is 2.31. The van der Waals surface area contributed by atoms with E-state index in [9.17, 15) is 16.8 Å². The van der Waals surface area contributed by atoms with Crippen molar-refractivity contribution in [2.24, 2.45) is 0 Å². The summed E-state index contributed by atoms with van der Waals surface area (Å²) in [5.41, 5.74) is 1.36. The highest BCUT2D eigenvalue weighted by atomic mass is 32.2. The van der Waals surface area contributed by atoms with Gasteiger partial charge in [-0.2, -0.15) is 14.3 Å². The maximum Gasteiger partial charge on any atom is 0.256 e. The van der Waals surface area contributed by atoms with Gasteiger partial charge in [0.25, 0.3) is 10.0 Å². The molecular formula is C23H27N9O4S2. The number of nitrogens with zero attached hydrogens (tertiary/aromatic N) is 8. The Bertz CT molecular complexity index is 1730. The molecular weight excluding hydrogens is 530 g/mol. The van der Waals surface area contributed by atoms with Crippen LogP contribution < -0.4 is 10.2 Å². The van der Waals surface area contributed by atoms with Crippen molar-refractivity contribution in [2.45, 2.75) is 38.0 Å². The quantitative estimate of drug-likeness (QED) is 0.354. The molecule has 15 heteroatoms. The number of hydrogen-bond acceptors (Lipinski definition) is 11. The molecule has 2 aliphatic rings. The van der Waals surface area contributed by atoms with Crippen LogP contribution in [0.1, 0.15) is 32.7 Å². The lowest BCUT2D eigenvalue weighted by Crippen LogP contribution is -2.40. The Hall–Kier alpha value is -3.59. The third-order valence-corrected chi connectivity index (χ3v) is 10.3. The van der Waals surface area contributed by atoms with E-state index >= 15 is 0 Å². The molecule has 0 bridgehead atoms. The van der Waals surface area contributed by atoms with E-state index in [1.54, 1.807) is 18.5 Å². The average molecular weight is 558 g/mol. The van der Waals surface area contributed by atoms with Crippen LogP contribution in [-0.4, -0.2) is 80.6 Å². The van der Waals surface area contributed by atoms with Crippen LogP contribution in [0.15, 0.2) is 36.9 Å². The van der Waals surface area contributed by atoms with Gasteiger partial charge in [-0.25, -0.2) is 31.8 Å². The van der Waals surface area contributed by atoms with E-state index in [-0.39, 0.29) is 22.8 Å². The van der Waals surface area contributed by atoms with Gasteiger partial charge in [-0.05, 0) is 32.8 Å². The third-order valence-electron chi connectivity index (χ3n) is 6.64. The Morgan fingerprint density at radius 3 is 2.55 bits per heavy atom. The minimum Gasteiger partial charge on any atom is -0.353 e. The number of fused-ring (bicyclic) bond motifs is 1. The topological polar surface area (TPSA) is 158 Å². The van der Waals surface area contributed by atoms with E-state index in [0.717, 1.165) is 20.8 Å². The fourth-order valence-corrected chi connectivity index (χ4v) is 7.09. The molecule has 1 saturated carbocycles. The minimum absolute atomic E-state index is 0.0733. The number of aromatic nitrogens is 7. The van der Waals surface area contributed by atoms with Crippen molar-refractivity contribution >= 4 is 48.2 Å². The molecule has 1 N–H and O–H groups in total. The molecule has 4 aromatic heterocycles. The fraction of sp³-hybridized carbons (Fsp3) is 0.435. The van der Waals surface area contributed by atoms with Crippen LogP contribution in [0.3, 0.4) is 0 Å². The van der Waals surface area contributed by atoms with E-state index in [4.69, 9.17) is 5.10 Å². The number of pyridine rings is 1. The van der Waals surface area contributed by atoms with Gasteiger partial charge in [-0.3, -0.25) is 4.68 Å². The molecule has 13 nitrogen and oxygen atoms in total. The van der Waals surface area contributed by atoms with Crippen molar-refractivity contribution in [3.8, 4) is 11.4 Å². The van der Waals surface area contributed by atoms with Crippen molar-refractivity contribution in [1.82, 2.24) is 33.9 Å². The third kappa shape index (κ3) is 4.60. The summed E-state index contributed by atoms with van der Waals surface area (Å²) in [6.45, 7) is 4.86. The number of rotatable bonds is 7. The molecule has 1 aliphatic carbocycles. The maximum absolute atomic E-state index is 12.5. The lowest BCUT2D eigenvalue weighted by molar-refractivity contribution is 0.547. The molecule has 200 valence electrons. The van der Waals surface area contributed by atoms with E-state index < -0.39 is 19.9 Å². The van der Waals surface area contributed by atoms with Gasteiger partial charge in [0.1, 0.15) is 11.6 Å². The molecule has 0 spiro atoms. The predicted octanol–water partition coefficient (Wildman–Crippen LogP) is 1.98. The van der Waals surface area contributed by atoms with Crippen LogP contribution in [0, 0.1) is 0 Å². The van der Waals surface area contributed by atoms with Gasteiger partial charge in [0.15, 0.2) is 21.5 Å². The maximum atomic E-state index is 12.5. The van der Waals surface area contributed by atoms with E-state index in [2.05, 4.69) is 25.4 Å². The second kappa shape index (κ2) is 9.01. The van der Waals surface area contributed by atoms with Crippen molar-refractivity contribution in [2.75, 3.05) is 34.8 Å². The first kappa shape index (κ1) is 24.7. The summed E-state index contributed by atoms with van der Waals surface area (Å²) in [6.07, 6.45) is 7.50. The Morgan fingerprint density at radius 1 is 1.08 bits per heavy atom. The van der Waals surface area contributed by atoms with Gasteiger partial charge < -0.3 is 10.2 Å². The zero-order chi connectivity index (χ0) is 26.7. The van der Waals surface area contributed by atoms with E-state index in [0.29, 0.717) is 49.0 Å². The molecule has 4 aromatic rings. The SMILES string of the molecule is CC(C)n1nc(N2CCS(=O)(=O)CC2)c2cnc(Nc3ccnc(-c4cnn(S(=O)(=O)C5CC5)c4)n3)cc21. The first-order valence-corrected chi connectivity index (χ1v) is 15.7. The summed E-state index contributed by atoms with van der Waals surface area (Å²) >= 11 is 0. The zero-order valence-electron chi connectivity index (χ0n) is 20.9. The van der Waals surface area contributed by atoms with E-state index in [1.165, 1.54) is 12.4 Å². The number of nitrogens with one attached hydrogen (secondary N) is 1. The Labute approximate surface area is 219 Å². The number of sulfone groups is 1. The standard InChI is InChI=1S/C23H27N9O4S2/c1-15(2)32-19-11-21(25-13-18(19)23(29-32)30-7-9-37(33,34)10-8-30)27-20-5-6-24-22(28-20)16-12-26-31(14-16)38(35,36)17-3-4-17/h5-6,11-15,17H,3-4,7-10H2,1-2H3,(H,24,25,27,28). The average Bonchev–Trinajstić information content (AvgIpc) is 3.50. The van der Waals surface area contributed by atoms with Crippen LogP contribution in [0.2, 0.25) is 0 Å². The van der Waals surface area contributed by atoms with Crippen molar-refractivity contribution in [3.63, 3.8) is 0 Å². The molecule has 2 fully saturated rings. The Balaban J connectivity index is 1.28. The van der Waals surface area contributed by atoms with Gasteiger partial charge >= 0.3 is 0 Å². The predicted molar refractivity (Wildman–Crippen MR) is 143 cm³/mol. The van der Waals surface area contributed by atoms with E-state index in [1.807, 2.05) is 29.5 Å². The first-order valence-electron chi connectivity index (χ1n) is 12.3. The summed E-state index contributed by atoms with van der Waals surface area (Å²) in [7, 11) is -6.48. The summed E-state index contributed by atoms with van der Waals surface area (Å²) in [4.78, 5) is 15.4. The van der Waals surface area contributed by atoms with Gasteiger partial charge in [0.05, 0.1) is 45.6 Å². The van der Waals surface area contributed by atoms with Crippen LogP contribution in [-0.2, 0) is 19.9 Å². The van der Waals surface area contributed by atoms with Crippen LogP contribution in [0.5, 0.6) is 0 Å². The molecule has 0 aromatic carbocycles. The molecule has 1 aliphatic heterocycles. The molecule has 0 atom stereocenters. The van der Waals surface area contributed by atoms with Gasteiger partial charge in [-0.15, -0.1) is 0 Å². The fourth-order valence-electron chi connectivity index (χ4n) is 4.41. The molecule has 5 heterocycles. The van der Waals surface area contributed by atoms with Crippen molar-refractivity contribution in [1.29, 1.82) is 0 Å². The molecule has 38 heavy (non-hydrogen) atoms. The summed E-state index contributed by atoms with van der Waals surface area (Å²) < 4.78 is 51.6. The number of hydrogen-bond donors (Lipinski definition) is 1. The molecule has 0 radical (unpaired) electrons. The molecule has 1 saturated heterocycles. The highest BCUT2D eigenvalue weighted by Gasteiger charge is 2.37. The van der Waals surface area contributed by atoms with Crippen LogP contribution >= 0.6 is 0 Å². The van der Waals surface area contributed by atoms with Gasteiger partial charge in [0.2, 0.25) is 0 Å². The Kier molecular flexibility index (Phi) is 5.86. The minimum atomic E-state index is -3.47. The monoisotopic (exact) mass is 557 g/mol. The van der Waals surface area contributed by atoms with Crippen LogP contribution in [0.25, 0.3) is 22.3 Å². The van der Waals surface area contributed by atoms with Crippen molar-refractivity contribution < 1.29 is 16.8 Å². The first-order chi connectivity index (χ1) is 18.1. The van der Waals surface area contributed by atoms with Crippen molar-refractivity contribution in [3.05, 3.63) is 36.9 Å². The second-order valence-corrected chi connectivity index (χ2v) is 14.2. The zero-order valence-corrected chi connectivity index (χ0v) is 22.5. The molecule has 0 unspecified atom stereocenters. The lowest BCUT2D eigenvalue weighted by Gasteiger charge is -2.26. The number of anilines is 3. The summed E-state index contributed by atoms with van der Waals surface area (Å²) in [5, 5.41) is 12.5. The highest BCUT2D eigenvalue weighted by Crippen LogP contribution is 2.32. The normalized spacial score (nSPS) is 17.8. The largest absolute Gasteiger partial charge is 0.353 e. The van der Waals surface area contributed by atoms with Gasteiger partial charge in [0, 0.05) is 37.6 Å². The Morgan fingerprint density at radius 2 is 1.84 bits per heavy atom. The van der Waals surface area contributed by atoms with Crippen LogP contribution in [0.4, 0.5) is 17.5 Å². The lowest BCUT2D eigenvalue weighted by atomic mass is 10.2. The second-order valence-electron chi connectivity index (χ2n) is 9.82. The smallest absolute Gasteiger partial charge is 0.256 e. The summed E-state index contributed by atoms with van der Waals surface area (Å²) in [6, 6.07) is 3.65. The van der Waals surface area contributed by atoms with Gasteiger partial charge in [-0.1, -0.05) is 0 Å². The highest BCUT2D eigenvalue weighted by molar-refractivity contribution is 7.91. The molecule has 0 amide bonds. The molecule has 6 rings (SSSR count).